The minimum absolute atomic E-state index is 0.375. The second-order valence-electron chi connectivity index (χ2n) is 7.29. The summed E-state index contributed by atoms with van der Waals surface area (Å²) in [5, 5.41) is 3.30. The molecule has 26 heavy (non-hydrogen) atoms. The number of hydrogen-bond acceptors (Lipinski definition) is 5. The van der Waals surface area contributed by atoms with Crippen LogP contribution in [-0.2, 0) is 6.42 Å². The number of aromatic amines is 1. The Morgan fingerprint density at radius 2 is 2.15 bits per heavy atom. The summed E-state index contributed by atoms with van der Waals surface area (Å²) in [6, 6.07) is 6.82. The van der Waals surface area contributed by atoms with Gasteiger partial charge in [-0.05, 0) is 69.3 Å². The molecule has 0 atom stereocenters. The van der Waals surface area contributed by atoms with Gasteiger partial charge < -0.3 is 9.32 Å². The first-order valence-corrected chi connectivity index (χ1v) is 10.3. The number of nitrogens with zero attached hydrogens (tertiary/aromatic N) is 2. The Bertz CT molecular complexity index is 891. The monoisotopic (exact) mass is 371 g/mol. The van der Waals surface area contributed by atoms with Crippen molar-refractivity contribution in [1.82, 2.24) is 14.9 Å². The highest BCUT2D eigenvalue weighted by Crippen LogP contribution is 2.35. The first-order chi connectivity index (χ1) is 12.7. The van der Waals surface area contributed by atoms with Crippen LogP contribution in [-0.4, -0.2) is 34.5 Å². The van der Waals surface area contributed by atoms with Gasteiger partial charge >= 0.3 is 5.76 Å². The topological polar surface area (TPSA) is 62.1 Å². The first kappa shape index (κ1) is 17.5. The Morgan fingerprint density at radius 3 is 2.92 bits per heavy atom. The van der Waals surface area contributed by atoms with Gasteiger partial charge in [0.15, 0.2) is 5.58 Å². The quantitative estimate of drug-likeness (QED) is 0.706. The number of H-pyrrole nitrogens is 1. The predicted octanol–water partition coefficient (Wildman–Crippen LogP) is 4.17. The SMILES string of the molecule is CN(CCCc1nccs1)C1CCC(c2ccc3[nH]c(=O)oc3c2)CC1. The molecule has 0 aliphatic heterocycles. The van der Waals surface area contributed by atoms with Crippen LogP contribution in [0.3, 0.4) is 0 Å². The van der Waals surface area contributed by atoms with E-state index in [-0.39, 0.29) is 5.76 Å². The third-order valence-electron chi connectivity index (χ3n) is 5.62. The molecule has 5 nitrogen and oxygen atoms in total. The highest BCUT2D eigenvalue weighted by molar-refractivity contribution is 7.09. The number of hydrogen-bond donors (Lipinski definition) is 1. The largest absolute Gasteiger partial charge is 0.417 e. The summed E-state index contributed by atoms with van der Waals surface area (Å²) in [7, 11) is 2.26. The Balaban J connectivity index is 1.29. The maximum Gasteiger partial charge on any atom is 0.417 e. The number of fused-ring (bicyclic) bond motifs is 1. The lowest BCUT2D eigenvalue weighted by Crippen LogP contribution is -2.35. The second-order valence-corrected chi connectivity index (χ2v) is 8.26. The zero-order valence-corrected chi connectivity index (χ0v) is 15.9. The van der Waals surface area contributed by atoms with Gasteiger partial charge in [0.2, 0.25) is 0 Å². The summed E-state index contributed by atoms with van der Waals surface area (Å²) in [5.41, 5.74) is 2.76. The van der Waals surface area contributed by atoms with Crippen LogP contribution in [0, 0.1) is 0 Å². The standard InChI is InChI=1S/C20H25N3O2S/c1-23(11-2-3-19-21-10-12-26-19)16-7-4-14(5-8-16)15-6-9-17-18(13-15)25-20(24)22-17/h6,9-10,12-14,16H,2-5,7-8,11H2,1H3,(H,22,24). The van der Waals surface area contributed by atoms with Gasteiger partial charge in [0, 0.05) is 24.0 Å². The minimum Gasteiger partial charge on any atom is -0.408 e. The number of oxazole rings is 1. The molecular formula is C20H25N3O2S. The van der Waals surface area contributed by atoms with E-state index in [9.17, 15) is 4.79 Å². The van der Waals surface area contributed by atoms with Crippen LogP contribution < -0.4 is 5.76 Å². The van der Waals surface area contributed by atoms with Crippen molar-refractivity contribution in [2.24, 2.45) is 0 Å². The van der Waals surface area contributed by atoms with E-state index in [1.54, 1.807) is 11.3 Å². The first-order valence-electron chi connectivity index (χ1n) is 9.40. The van der Waals surface area contributed by atoms with Crippen molar-refractivity contribution in [3.63, 3.8) is 0 Å². The molecule has 1 saturated carbocycles. The van der Waals surface area contributed by atoms with Gasteiger partial charge in [0.1, 0.15) is 0 Å². The maximum atomic E-state index is 11.3. The number of rotatable bonds is 6. The molecule has 0 radical (unpaired) electrons. The Hall–Kier alpha value is -1.92. The fourth-order valence-corrected chi connectivity index (χ4v) is 4.77. The molecule has 1 aliphatic rings. The molecular weight excluding hydrogens is 346 g/mol. The van der Waals surface area contributed by atoms with Crippen LogP contribution in [0.15, 0.2) is 39.0 Å². The van der Waals surface area contributed by atoms with Gasteiger partial charge in [-0.25, -0.2) is 9.78 Å². The fraction of sp³-hybridized carbons (Fsp3) is 0.500. The normalized spacial score (nSPS) is 20.8. The maximum absolute atomic E-state index is 11.3. The van der Waals surface area contributed by atoms with Gasteiger partial charge in [-0.3, -0.25) is 4.98 Å². The highest BCUT2D eigenvalue weighted by atomic mass is 32.1. The van der Waals surface area contributed by atoms with E-state index < -0.39 is 0 Å². The minimum atomic E-state index is -0.375. The van der Waals surface area contributed by atoms with Crippen LogP contribution in [0.25, 0.3) is 11.1 Å². The van der Waals surface area contributed by atoms with Crippen LogP contribution in [0.4, 0.5) is 0 Å². The van der Waals surface area contributed by atoms with E-state index in [2.05, 4.69) is 33.4 Å². The fourth-order valence-electron chi connectivity index (χ4n) is 4.10. The molecule has 0 bridgehead atoms. The van der Waals surface area contributed by atoms with E-state index in [1.165, 1.54) is 42.7 Å². The molecule has 2 aromatic heterocycles. The molecule has 138 valence electrons. The molecule has 0 spiro atoms. The van der Waals surface area contributed by atoms with E-state index >= 15 is 0 Å². The molecule has 3 aromatic rings. The zero-order valence-electron chi connectivity index (χ0n) is 15.1. The number of benzene rings is 1. The lowest BCUT2D eigenvalue weighted by atomic mass is 9.81. The molecule has 0 amide bonds. The van der Waals surface area contributed by atoms with Crippen LogP contribution in [0.1, 0.15) is 48.6 Å². The number of thiazole rings is 1. The lowest BCUT2D eigenvalue weighted by Gasteiger charge is -2.35. The van der Waals surface area contributed by atoms with Crippen molar-refractivity contribution in [3.8, 4) is 0 Å². The molecule has 1 N–H and O–H groups in total. The van der Waals surface area contributed by atoms with E-state index in [0.29, 0.717) is 17.5 Å². The van der Waals surface area contributed by atoms with Crippen molar-refractivity contribution >= 4 is 22.4 Å². The summed E-state index contributed by atoms with van der Waals surface area (Å²) in [6.45, 7) is 1.13. The molecule has 1 fully saturated rings. The van der Waals surface area contributed by atoms with Crippen LogP contribution in [0.5, 0.6) is 0 Å². The molecule has 0 unspecified atom stereocenters. The summed E-state index contributed by atoms with van der Waals surface area (Å²) in [6.07, 6.45) is 9.00. The van der Waals surface area contributed by atoms with E-state index in [4.69, 9.17) is 4.42 Å². The van der Waals surface area contributed by atoms with Crippen molar-refractivity contribution in [2.75, 3.05) is 13.6 Å². The Kier molecular flexibility index (Phi) is 5.22. The summed E-state index contributed by atoms with van der Waals surface area (Å²) in [5.74, 6) is 0.194. The lowest BCUT2D eigenvalue weighted by molar-refractivity contribution is 0.181. The van der Waals surface area contributed by atoms with Crippen molar-refractivity contribution in [1.29, 1.82) is 0 Å². The number of nitrogens with one attached hydrogen (secondary N) is 1. The third-order valence-corrected chi connectivity index (χ3v) is 6.46. The average Bonchev–Trinajstić information content (AvgIpc) is 3.29. The summed E-state index contributed by atoms with van der Waals surface area (Å²) < 4.78 is 5.21. The summed E-state index contributed by atoms with van der Waals surface area (Å²) >= 11 is 1.75. The van der Waals surface area contributed by atoms with Gasteiger partial charge in [-0.1, -0.05) is 6.07 Å². The van der Waals surface area contributed by atoms with Crippen molar-refractivity contribution < 1.29 is 4.42 Å². The van der Waals surface area contributed by atoms with E-state index in [0.717, 1.165) is 18.5 Å². The van der Waals surface area contributed by atoms with Gasteiger partial charge in [-0.2, -0.15) is 0 Å². The van der Waals surface area contributed by atoms with Gasteiger partial charge in [0.05, 0.1) is 10.5 Å². The third kappa shape index (κ3) is 3.91. The number of aryl methyl sites for hydroxylation is 1. The molecule has 6 heteroatoms. The van der Waals surface area contributed by atoms with Crippen LogP contribution >= 0.6 is 11.3 Å². The molecule has 2 heterocycles. The van der Waals surface area contributed by atoms with Gasteiger partial charge in [-0.15, -0.1) is 11.3 Å². The predicted molar refractivity (Wildman–Crippen MR) is 105 cm³/mol. The number of aromatic nitrogens is 2. The average molecular weight is 372 g/mol. The Morgan fingerprint density at radius 1 is 1.31 bits per heavy atom. The van der Waals surface area contributed by atoms with Crippen LogP contribution in [0.2, 0.25) is 0 Å². The highest BCUT2D eigenvalue weighted by Gasteiger charge is 2.25. The molecule has 1 aliphatic carbocycles. The Labute approximate surface area is 157 Å². The molecule has 1 aromatic carbocycles. The molecule has 0 saturated heterocycles. The van der Waals surface area contributed by atoms with Gasteiger partial charge in [0.25, 0.3) is 0 Å². The molecule has 4 rings (SSSR count). The smallest absolute Gasteiger partial charge is 0.408 e. The summed E-state index contributed by atoms with van der Waals surface area (Å²) in [4.78, 5) is 20.9. The zero-order chi connectivity index (χ0) is 17.9. The van der Waals surface area contributed by atoms with Crippen molar-refractivity contribution in [2.45, 2.75) is 50.5 Å². The van der Waals surface area contributed by atoms with Crippen molar-refractivity contribution in [3.05, 3.63) is 50.9 Å². The van der Waals surface area contributed by atoms with E-state index in [1.807, 2.05) is 18.3 Å². The second kappa shape index (κ2) is 7.76.